The molecular weight excluding hydrogens is 357 g/mol. The van der Waals surface area contributed by atoms with E-state index in [0.717, 1.165) is 30.0 Å². The van der Waals surface area contributed by atoms with E-state index in [1.165, 1.54) is 38.9 Å². The Morgan fingerprint density at radius 1 is 1.15 bits per heavy atom. The molecule has 0 spiro atoms. The van der Waals surface area contributed by atoms with Crippen molar-refractivity contribution in [2.75, 3.05) is 31.5 Å². The average molecular weight is 380 g/mol. The van der Waals surface area contributed by atoms with Crippen molar-refractivity contribution in [3.63, 3.8) is 0 Å². The van der Waals surface area contributed by atoms with Gasteiger partial charge in [-0.1, -0.05) is 29.8 Å². The molecule has 1 aromatic carbocycles. The van der Waals surface area contributed by atoms with Gasteiger partial charge in [0.1, 0.15) is 13.7 Å². The van der Waals surface area contributed by atoms with E-state index in [-0.39, 0.29) is 0 Å². The fraction of sp³-hybridized carbons (Fsp3) is 0.400. The number of fused-ring (bicyclic) bond motifs is 1. The Kier molecular flexibility index (Phi) is 5.65. The van der Waals surface area contributed by atoms with Gasteiger partial charge in [-0.15, -0.1) is 0 Å². The van der Waals surface area contributed by atoms with Gasteiger partial charge >= 0.3 is 0 Å². The molecule has 7 heteroatoms. The maximum Gasteiger partial charge on any atom is 0.150 e. The zero-order valence-electron chi connectivity index (χ0n) is 15.4. The summed E-state index contributed by atoms with van der Waals surface area (Å²) in [6.45, 7) is 4.58. The first-order chi connectivity index (χ1) is 13.2. The normalized spacial score (nSPS) is 14.9. The fourth-order valence-corrected chi connectivity index (χ4v) is 3.83. The largest absolute Gasteiger partial charge is 0.370 e. The molecule has 1 N–H and O–H groups in total. The first-order valence-corrected chi connectivity index (χ1v) is 9.95. The number of hydrogen-bond donors (Lipinski definition) is 1. The molecule has 138 valence electrons. The topological polar surface area (TPSA) is 45.5 Å². The van der Waals surface area contributed by atoms with Crippen molar-refractivity contribution >= 4 is 36.4 Å². The molecule has 4 rings (SSSR count). The van der Waals surface area contributed by atoms with Gasteiger partial charge in [0, 0.05) is 29.4 Å². The van der Waals surface area contributed by atoms with Crippen LogP contribution < -0.4 is 10.8 Å². The van der Waals surface area contributed by atoms with Crippen LogP contribution in [0.1, 0.15) is 25.7 Å². The van der Waals surface area contributed by atoms with E-state index in [0.29, 0.717) is 16.1 Å². The van der Waals surface area contributed by atoms with E-state index in [1.807, 2.05) is 30.3 Å². The molecule has 0 unspecified atom stereocenters. The van der Waals surface area contributed by atoms with Crippen LogP contribution in [0.4, 0.5) is 5.82 Å². The number of nitrogens with zero attached hydrogens (tertiary/aromatic N) is 4. The summed E-state index contributed by atoms with van der Waals surface area (Å²) in [7, 11) is 6.06. The molecule has 1 aliphatic rings. The summed E-state index contributed by atoms with van der Waals surface area (Å²) in [5.74, 6) is 0.882. The van der Waals surface area contributed by atoms with Crippen molar-refractivity contribution in [1.82, 2.24) is 19.5 Å². The van der Waals surface area contributed by atoms with Crippen molar-refractivity contribution in [1.29, 1.82) is 0 Å². The lowest BCUT2D eigenvalue weighted by molar-refractivity contribution is 0.331. The summed E-state index contributed by atoms with van der Waals surface area (Å²) in [5.41, 5.74) is 2.88. The third-order valence-corrected chi connectivity index (χ3v) is 5.38. The van der Waals surface area contributed by atoms with Crippen molar-refractivity contribution in [3.05, 3.63) is 41.6 Å². The van der Waals surface area contributed by atoms with Crippen LogP contribution in [-0.4, -0.2) is 53.5 Å². The Labute approximate surface area is 166 Å². The van der Waals surface area contributed by atoms with Crippen LogP contribution in [0.3, 0.4) is 0 Å². The molecule has 5 nitrogen and oxygen atoms in total. The van der Waals surface area contributed by atoms with Gasteiger partial charge in [-0.05, 0) is 56.8 Å². The number of rotatable bonds is 7. The number of aromatic nitrogens is 3. The molecule has 0 aliphatic carbocycles. The van der Waals surface area contributed by atoms with Gasteiger partial charge in [-0.2, -0.15) is 9.61 Å². The van der Waals surface area contributed by atoms with Gasteiger partial charge in [0.2, 0.25) is 0 Å². The van der Waals surface area contributed by atoms with Gasteiger partial charge in [0.05, 0.1) is 5.69 Å². The highest BCUT2D eigenvalue weighted by Gasteiger charge is 2.13. The Balaban J connectivity index is 1.50. The summed E-state index contributed by atoms with van der Waals surface area (Å²) < 4.78 is 1.76. The highest BCUT2D eigenvalue weighted by Crippen LogP contribution is 2.28. The van der Waals surface area contributed by atoms with Crippen LogP contribution in [0.15, 0.2) is 36.5 Å². The Morgan fingerprint density at radius 3 is 2.78 bits per heavy atom. The van der Waals surface area contributed by atoms with Gasteiger partial charge in [0.25, 0.3) is 0 Å². The molecule has 0 amide bonds. The zero-order chi connectivity index (χ0) is 18.6. The third kappa shape index (κ3) is 4.12. The third-order valence-electron chi connectivity index (χ3n) is 5.05. The van der Waals surface area contributed by atoms with E-state index in [9.17, 15) is 0 Å². The summed E-state index contributed by atoms with van der Waals surface area (Å²) in [5, 5.41) is 8.53. The second-order valence-corrected chi connectivity index (χ2v) is 7.43. The predicted octanol–water partition coefficient (Wildman–Crippen LogP) is 3.13. The summed E-state index contributed by atoms with van der Waals surface area (Å²) in [6, 6.07) is 9.69. The number of benzene rings is 1. The second-order valence-electron chi connectivity index (χ2n) is 7.02. The first kappa shape index (κ1) is 18.3. The lowest BCUT2D eigenvalue weighted by Crippen LogP contribution is -2.21. The van der Waals surface area contributed by atoms with E-state index in [2.05, 4.69) is 20.3 Å². The predicted molar refractivity (Wildman–Crippen MR) is 112 cm³/mol. The Morgan fingerprint density at radius 2 is 1.96 bits per heavy atom. The van der Waals surface area contributed by atoms with Gasteiger partial charge < -0.3 is 10.2 Å². The maximum atomic E-state index is 6.37. The van der Waals surface area contributed by atoms with E-state index < -0.39 is 0 Å². The molecule has 2 aromatic heterocycles. The number of hydrogen-bond acceptors (Lipinski definition) is 4. The second kappa shape index (κ2) is 8.32. The molecule has 0 saturated carbocycles. The minimum atomic E-state index is 0.556. The van der Waals surface area contributed by atoms with E-state index in [4.69, 9.17) is 19.4 Å². The molecule has 3 heterocycles. The Bertz CT molecular complexity index is 920. The monoisotopic (exact) mass is 379 g/mol. The molecule has 0 atom stereocenters. The van der Waals surface area contributed by atoms with E-state index in [1.54, 1.807) is 10.7 Å². The minimum absolute atomic E-state index is 0.556. The number of unbranched alkanes of at least 4 members (excludes halogenated alkanes) is 1. The molecule has 27 heavy (non-hydrogen) atoms. The number of likely N-dealkylation sites (tertiary alicyclic amines) is 1. The van der Waals surface area contributed by atoms with Crippen molar-refractivity contribution in [2.24, 2.45) is 0 Å². The molecular formula is C20H23BClN5. The average Bonchev–Trinajstić information content (AvgIpc) is 3.32. The number of anilines is 1. The van der Waals surface area contributed by atoms with Crippen molar-refractivity contribution in [3.8, 4) is 11.3 Å². The standard InChI is InChI=1S/C20H23BClN5/c21-16-14-24-27-19(23-9-3-4-10-26-11-5-6-12-26)13-18(25-20(16)27)15-7-1-2-8-17(15)22/h1-2,7-8,13-14,23H,3-6,9-12H2. The summed E-state index contributed by atoms with van der Waals surface area (Å²) >= 11 is 6.37. The van der Waals surface area contributed by atoms with Crippen LogP contribution in [0.2, 0.25) is 5.02 Å². The lowest BCUT2D eigenvalue weighted by atomic mass is 10.0. The van der Waals surface area contributed by atoms with Gasteiger partial charge in [0.15, 0.2) is 5.65 Å². The molecule has 3 aromatic rings. The SMILES string of the molecule is [B]c1cnn2c(NCCCCN3CCCC3)cc(-c3ccccc3Cl)nc12. The van der Waals surface area contributed by atoms with Crippen molar-refractivity contribution in [2.45, 2.75) is 25.7 Å². The zero-order valence-corrected chi connectivity index (χ0v) is 16.1. The first-order valence-electron chi connectivity index (χ1n) is 9.58. The summed E-state index contributed by atoms with van der Waals surface area (Å²) in [6.07, 6.45) is 6.63. The van der Waals surface area contributed by atoms with Crippen LogP contribution in [0.5, 0.6) is 0 Å². The van der Waals surface area contributed by atoms with Gasteiger partial charge in [-0.3, -0.25) is 0 Å². The highest BCUT2D eigenvalue weighted by atomic mass is 35.5. The fourth-order valence-electron chi connectivity index (χ4n) is 3.60. The smallest absolute Gasteiger partial charge is 0.150 e. The molecule has 1 saturated heterocycles. The molecule has 0 bridgehead atoms. The van der Waals surface area contributed by atoms with Crippen LogP contribution in [-0.2, 0) is 0 Å². The van der Waals surface area contributed by atoms with Crippen LogP contribution in [0.25, 0.3) is 16.9 Å². The molecule has 1 aliphatic heterocycles. The Hall–Kier alpha value is -2.05. The maximum absolute atomic E-state index is 6.37. The highest BCUT2D eigenvalue weighted by molar-refractivity contribution is 6.36. The summed E-state index contributed by atoms with van der Waals surface area (Å²) in [4.78, 5) is 7.22. The quantitative estimate of drug-likeness (QED) is 0.506. The molecule has 1 fully saturated rings. The molecule has 2 radical (unpaired) electrons. The van der Waals surface area contributed by atoms with E-state index >= 15 is 0 Å². The van der Waals surface area contributed by atoms with Crippen LogP contribution in [0, 0.1) is 0 Å². The van der Waals surface area contributed by atoms with Gasteiger partial charge in [-0.25, -0.2) is 4.98 Å². The minimum Gasteiger partial charge on any atom is -0.370 e. The van der Waals surface area contributed by atoms with Crippen LogP contribution >= 0.6 is 11.6 Å². The lowest BCUT2D eigenvalue weighted by Gasteiger charge is -2.15. The number of halogens is 1. The van der Waals surface area contributed by atoms with Crippen molar-refractivity contribution < 1.29 is 0 Å². The number of nitrogens with one attached hydrogen (secondary N) is 1.